The van der Waals surface area contributed by atoms with Crippen LogP contribution >= 0.6 is 0 Å². The quantitative estimate of drug-likeness (QED) is 0.784. The number of nitrogens with zero attached hydrogens (tertiary/aromatic N) is 1. The van der Waals surface area contributed by atoms with Crippen molar-refractivity contribution in [3.63, 3.8) is 0 Å². The van der Waals surface area contributed by atoms with Crippen LogP contribution in [0.25, 0.3) is 0 Å². The zero-order valence-corrected chi connectivity index (χ0v) is 12.9. The van der Waals surface area contributed by atoms with E-state index in [1.54, 1.807) is 0 Å². The smallest absolute Gasteiger partial charge is 0.223 e. The zero-order valence-electron chi connectivity index (χ0n) is 12.9. The normalized spacial score (nSPS) is 16.0. The molecule has 1 aliphatic heterocycles. The molecule has 21 heavy (non-hydrogen) atoms. The Bertz CT molecular complexity index is 414. The fraction of sp³-hybridized carbons (Fsp3) is 0.588. The standard InChI is InChI=1S/C17H26N2O2/c1-2-21-14-6-11-18-17(20)15-9-12-19(13-10-15)16-7-4-3-5-8-16/h3-5,7-8,15H,2,6,9-14H2,1H3,(H,18,20). The largest absolute Gasteiger partial charge is 0.382 e. The van der Waals surface area contributed by atoms with Gasteiger partial charge in [0.1, 0.15) is 0 Å². The van der Waals surface area contributed by atoms with Gasteiger partial charge in [-0.05, 0) is 38.3 Å². The monoisotopic (exact) mass is 290 g/mol. The second-order valence-electron chi connectivity index (χ2n) is 5.44. The van der Waals surface area contributed by atoms with Crippen LogP contribution < -0.4 is 10.2 Å². The van der Waals surface area contributed by atoms with Crippen molar-refractivity contribution in [3.05, 3.63) is 30.3 Å². The third kappa shape index (κ3) is 5.05. The molecule has 2 rings (SSSR count). The molecule has 1 aromatic carbocycles. The van der Waals surface area contributed by atoms with E-state index in [9.17, 15) is 4.79 Å². The van der Waals surface area contributed by atoms with Crippen LogP contribution in [0.15, 0.2) is 30.3 Å². The summed E-state index contributed by atoms with van der Waals surface area (Å²) in [5.74, 6) is 0.372. The molecule has 116 valence electrons. The summed E-state index contributed by atoms with van der Waals surface area (Å²) in [6, 6.07) is 10.4. The molecule has 0 atom stereocenters. The van der Waals surface area contributed by atoms with Gasteiger partial charge in [0.05, 0.1) is 0 Å². The summed E-state index contributed by atoms with van der Waals surface area (Å²) in [6.07, 6.45) is 2.76. The SMILES string of the molecule is CCOCCCNC(=O)C1CCN(c2ccccc2)CC1. The maximum absolute atomic E-state index is 12.1. The van der Waals surface area contributed by atoms with Gasteiger partial charge in [0, 0.05) is 44.5 Å². The number of amides is 1. The first-order valence-electron chi connectivity index (χ1n) is 7.96. The van der Waals surface area contributed by atoms with Gasteiger partial charge in [-0.2, -0.15) is 0 Å². The zero-order chi connectivity index (χ0) is 14.9. The first-order chi connectivity index (χ1) is 10.3. The number of carbonyl (C=O) groups excluding carboxylic acids is 1. The van der Waals surface area contributed by atoms with Crippen molar-refractivity contribution in [2.24, 2.45) is 5.92 Å². The summed E-state index contributed by atoms with van der Waals surface area (Å²) < 4.78 is 5.27. The minimum absolute atomic E-state index is 0.164. The number of hydrogen-bond donors (Lipinski definition) is 1. The van der Waals surface area contributed by atoms with E-state index in [1.165, 1.54) is 5.69 Å². The highest BCUT2D eigenvalue weighted by Crippen LogP contribution is 2.22. The molecule has 1 saturated heterocycles. The van der Waals surface area contributed by atoms with Gasteiger partial charge in [0.15, 0.2) is 0 Å². The molecule has 1 heterocycles. The summed E-state index contributed by atoms with van der Waals surface area (Å²) in [5.41, 5.74) is 1.26. The molecule has 1 aliphatic rings. The fourth-order valence-electron chi connectivity index (χ4n) is 2.71. The van der Waals surface area contributed by atoms with E-state index in [4.69, 9.17) is 4.74 Å². The minimum Gasteiger partial charge on any atom is -0.382 e. The van der Waals surface area contributed by atoms with E-state index >= 15 is 0 Å². The van der Waals surface area contributed by atoms with Crippen molar-refractivity contribution in [2.75, 3.05) is 37.7 Å². The van der Waals surface area contributed by atoms with Crippen molar-refractivity contribution < 1.29 is 9.53 Å². The summed E-state index contributed by atoms with van der Waals surface area (Å²) in [5, 5.41) is 3.03. The van der Waals surface area contributed by atoms with Gasteiger partial charge in [-0.25, -0.2) is 0 Å². The van der Waals surface area contributed by atoms with Crippen molar-refractivity contribution >= 4 is 11.6 Å². The Morgan fingerprint density at radius 1 is 1.29 bits per heavy atom. The summed E-state index contributed by atoms with van der Waals surface area (Å²) in [6.45, 7) is 6.09. The van der Waals surface area contributed by atoms with Crippen LogP contribution in [-0.4, -0.2) is 38.8 Å². The number of piperidine rings is 1. The number of para-hydroxylation sites is 1. The number of carbonyl (C=O) groups is 1. The molecule has 1 fully saturated rings. The molecule has 0 aliphatic carbocycles. The number of anilines is 1. The van der Waals surface area contributed by atoms with Crippen LogP contribution in [0.2, 0.25) is 0 Å². The van der Waals surface area contributed by atoms with Crippen LogP contribution in [0.5, 0.6) is 0 Å². The van der Waals surface area contributed by atoms with Gasteiger partial charge in [-0.1, -0.05) is 18.2 Å². The van der Waals surface area contributed by atoms with Crippen LogP contribution in [0.3, 0.4) is 0 Å². The van der Waals surface area contributed by atoms with E-state index in [0.717, 1.165) is 52.1 Å². The van der Waals surface area contributed by atoms with Crippen LogP contribution in [0.4, 0.5) is 5.69 Å². The molecule has 0 radical (unpaired) electrons. The third-order valence-electron chi connectivity index (χ3n) is 3.96. The molecule has 4 nitrogen and oxygen atoms in total. The van der Waals surface area contributed by atoms with E-state index < -0.39 is 0 Å². The highest BCUT2D eigenvalue weighted by Gasteiger charge is 2.24. The van der Waals surface area contributed by atoms with Gasteiger partial charge in [-0.15, -0.1) is 0 Å². The molecule has 1 amide bonds. The Morgan fingerprint density at radius 2 is 2.00 bits per heavy atom. The Balaban J connectivity index is 1.67. The van der Waals surface area contributed by atoms with E-state index in [1.807, 2.05) is 13.0 Å². The molecule has 1 N–H and O–H groups in total. The predicted molar refractivity (Wildman–Crippen MR) is 85.5 cm³/mol. The average molecular weight is 290 g/mol. The van der Waals surface area contributed by atoms with Crippen LogP contribution in [0.1, 0.15) is 26.2 Å². The predicted octanol–water partition coefficient (Wildman–Crippen LogP) is 2.45. The van der Waals surface area contributed by atoms with Crippen LogP contribution in [-0.2, 0) is 9.53 Å². The first kappa shape index (κ1) is 15.8. The topological polar surface area (TPSA) is 41.6 Å². The highest BCUT2D eigenvalue weighted by atomic mass is 16.5. The summed E-state index contributed by atoms with van der Waals surface area (Å²) in [7, 11) is 0. The highest BCUT2D eigenvalue weighted by molar-refractivity contribution is 5.78. The molecule has 0 unspecified atom stereocenters. The van der Waals surface area contributed by atoms with E-state index in [0.29, 0.717) is 0 Å². The van der Waals surface area contributed by atoms with E-state index in [-0.39, 0.29) is 11.8 Å². The van der Waals surface area contributed by atoms with Gasteiger partial charge < -0.3 is 15.0 Å². The average Bonchev–Trinajstić information content (AvgIpc) is 2.55. The first-order valence-corrected chi connectivity index (χ1v) is 7.96. The Morgan fingerprint density at radius 3 is 2.67 bits per heavy atom. The third-order valence-corrected chi connectivity index (χ3v) is 3.96. The van der Waals surface area contributed by atoms with Crippen molar-refractivity contribution in [1.82, 2.24) is 5.32 Å². The van der Waals surface area contributed by atoms with Gasteiger partial charge >= 0.3 is 0 Å². The maximum atomic E-state index is 12.1. The fourth-order valence-corrected chi connectivity index (χ4v) is 2.71. The molecular formula is C17H26N2O2. The summed E-state index contributed by atoms with van der Waals surface area (Å²) in [4.78, 5) is 14.5. The molecule has 1 aromatic rings. The van der Waals surface area contributed by atoms with E-state index in [2.05, 4.69) is 34.5 Å². The molecule has 4 heteroatoms. The number of benzene rings is 1. The van der Waals surface area contributed by atoms with Crippen LogP contribution in [0, 0.1) is 5.92 Å². The molecule has 0 spiro atoms. The van der Waals surface area contributed by atoms with Gasteiger partial charge in [0.2, 0.25) is 5.91 Å². The van der Waals surface area contributed by atoms with Gasteiger partial charge in [-0.3, -0.25) is 4.79 Å². The van der Waals surface area contributed by atoms with Crippen molar-refractivity contribution in [1.29, 1.82) is 0 Å². The minimum atomic E-state index is 0.164. The lowest BCUT2D eigenvalue weighted by Crippen LogP contribution is -2.40. The second kappa shape index (κ2) is 8.67. The Hall–Kier alpha value is -1.55. The van der Waals surface area contributed by atoms with Crippen molar-refractivity contribution in [2.45, 2.75) is 26.2 Å². The second-order valence-corrected chi connectivity index (χ2v) is 5.44. The Kier molecular flexibility index (Phi) is 6.54. The number of ether oxygens (including phenoxy) is 1. The molecule has 0 aromatic heterocycles. The molecular weight excluding hydrogens is 264 g/mol. The van der Waals surface area contributed by atoms with Gasteiger partial charge in [0.25, 0.3) is 0 Å². The number of hydrogen-bond acceptors (Lipinski definition) is 3. The maximum Gasteiger partial charge on any atom is 0.223 e. The molecule has 0 saturated carbocycles. The lowest BCUT2D eigenvalue weighted by atomic mass is 9.95. The molecule has 0 bridgehead atoms. The lowest BCUT2D eigenvalue weighted by molar-refractivity contribution is -0.125. The summed E-state index contributed by atoms with van der Waals surface area (Å²) >= 11 is 0. The number of rotatable bonds is 7. The number of nitrogens with one attached hydrogen (secondary N) is 1. The van der Waals surface area contributed by atoms with Crippen molar-refractivity contribution in [3.8, 4) is 0 Å². The Labute approximate surface area is 127 Å². The lowest BCUT2D eigenvalue weighted by Gasteiger charge is -2.33.